The van der Waals surface area contributed by atoms with Crippen molar-refractivity contribution in [1.29, 1.82) is 0 Å². The van der Waals surface area contributed by atoms with Crippen LogP contribution in [0.25, 0.3) is 21.1 Å². The van der Waals surface area contributed by atoms with Gasteiger partial charge in [-0.05, 0) is 43.3 Å². The van der Waals surface area contributed by atoms with Crippen LogP contribution in [0.1, 0.15) is 21.1 Å². The molecule has 4 rings (SSSR count). The van der Waals surface area contributed by atoms with Crippen LogP contribution in [0.4, 0.5) is 0 Å². The zero-order valence-electron chi connectivity index (χ0n) is 14.4. The minimum Gasteiger partial charge on any atom is -0.497 e. The van der Waals surface area contributed by atoms with Crippen LogP contribution in [0.2, 0.25) is 0 Å². The highest BCUT2D eigenvalue weighted by Crippen LogP contribution is 2.24. The Hall–Kier alpha value is -2.99. The van der Waals surface area contributed by atoms with Gasteiger partial charge in [0.05, 0.1) is 34.1 Å². The minimum absolute atomic E-state index is 0.147. The average molecular weight is 364 g/mol. The first-order valence-electron chi connectivity index (χ1n) is 8.11. The summed E-state index contributed by atoms with van der Waals surface area (Å²) in [5.41, 5.74) is 2.81. The normalized spacial score (nSPS) is 11.0. The maximum Gasteiger partial charge on any atom is 0.340 e. The van der Waals surface area contributed by atoms with Crippen LogP contribution in [-0.4, -0.2) is 23.0 Å². The third-order valence-corrected chi connectivity index (χ3v) is 5.11. The molecular weight excluding hydrogens is 348 g/mol. The number of rotatable bonds is 4. The number of nitrogens with zero attached hydrogens (tertiary/aromatic N) is 2. The fourth-order valence-corrected chi connectivity index (χ4v) is 3.65. The Morgan fingerprint density at radius 1 is 1.08 bits per heavy atom. The number of methoxy groups -OCH3 is 1. The molecule has 0 saturated heterocycles. The molecule has 2 aromatic carbocycles. The molecule has 4 aromatic rings. The highest BCUT2D eigenvalue weighted by atomic mass is 32.1. The molecule has 0 saturated carbocycles. The maximum absolute atomic E-state index is 12.5. The summed E-state index contributed by atoms with van der Waals surface area (Å²) in [6, 6.07) is 15.2. The molecule has 0 unspecified atom stereocenters. The van der Waals surface area contributed by atoms with E-state index in [0.717, 1.165) is 31.9 Å². The van der Waals surface area contributed by atoms with Gasteiger partial charge in [-0.15, -0.1) is 11.3 Å². The third-order valence-electron chi connectivity index (χ3n) is 4.10. The van der Waals surface area contributed by atoms with Crippen LogP contribution in [0.15, 0.2) is 48.5 Å². The molecule has 0 N–H and O–H groups in total. The van der Waals surface area contributed by atoms with Gasteiger partial charge in [-0.25, -0.2) is 9.78 Å². The second-order valence-electron chi connectivity index (χ2n) is 5.83. The van der Waals surface area contributed by atoms with Crippen LogP contribution in [0.3, 0.4) is 0 Å². The zero-order valence-corrected chi connectivity index (χ0v) is 15.2. The van der Waals surface area contributed by atoms with Gasteiger partial charge in [-0.2, -0.15) is 0 Å². The van der Waals surface area contributed by atoms with Gasteiger partial charge < -0.3 is 9.47 Å². The van der Waals surface area contributed by atoms with E-state index in [4.69, 9.17) is 9.47 Å². The zero-order chi connectivity index (χ0) is 18.1. The van der Waals surface area contributed by atoms with Gasteiger partial charge in [0, 0.05) is 5.39 Å². The van der Waals surface area contributed by atoms with Crippen molar-refractivity contribution in [3.05, 3.63) is 64.8 Å². The van der Waals surface area contributed by atoms with Crippen LogP contribution < -0.4 is 4.74 Å². The lowest BCUT2D eigenvalue weighted by molar-refractivity contribution is 0.0471. The number of aryl methyl sites for hydroxylation is 1. The first-order chi connectivity index (χ1) is 12.6. The van der Waals surface area contributed by atoms with Crippen molar-refractivity contribution >= 4 is 38.4 Å². The van der Waals surface area contributed by atoms with Gasteiger partial charge in [-0.1, -0.05) is 12.1 Å². The predicted octanol–water partition coefficient (Wildman–Crippen LogP) is 4.52. The van der Waals surface area contributed by atoms with Crippen molar-refractivity contribution in [3.63, 3.8) is 0 Å². The van der Waals surface area contributed by atoms with Crippen LogP contribution in [0, 0.1) is 6.92 Å². The summed E-state index contributed by atoms with van der Waals surface area (Å²) in [7, 11) is 1.61. The van der Waals surface area contributed by atoms with Gasteiger partial charge in [-0.3, -0.25) is 4.98 Å². The lowest BCUT2D eigenvalue weighted by Crippen LogP contribution is -2.08. The SMILES string of the molecule is COc1ccc2nc(C)c(C(=O)OCc3nc4ccccc4s3)cc2c1. The van der Waals surface area contributed by atoms with Crippen LogP contribution >= 0.6 is 11.3 Å². The number of thiazole rings is 1. The van der Waals surface area contributed by atoms with Gasteiger partial charge in [0.25, 0.3) is 0 Å². The number of carbonyl (C=O) groups is 1. The number of ether oxygens (including phenoxy) is 2. The first kappa shape index (κ1) is 16.5. The fourth-order valence-electron chi connectivity index (χ4n) is 2.77. The molecule has 2 aromatic heterocycles. The number of fused-ring (bicyclic) bond motifs is 2. The van der Waals surface area contributed by atoms with Crippen molar-refractivity contribution < 1.29 is 14.3 Å². The van der Waals surface area contributed by atoms with Crippen LogP contribution in [-0.2, 0) is 11.3 Å². The molecular formula is C20H16N2O3S. The summed E-state index contributed by atoms with van der Waals surface area (Å²) in [5.74, 6) is 0.316. The van der Waals surface area contributed by atoms with E-state index < -0.39 is 5.97 Å². The number of pyridine rings is 1. The highest BCUT2D eigenvalue weighted by Gasteiger charge is 2.15. The molecule has 0 bridgehead atoms. The second-order valence-corrected chi connectivity index (χ2v) is 6.95. The molecule has 0 aliphatic heterocycles. The number of hydrogen-bond donors (Lipinski definition) is 0. The maximum atomic E-state index is 12.5. The number of hydrogen-bond acceptors (Lipinski definition) is 6. The third kappa shape index (κ3) is 3.11. The largest absolute Gasteiger partial charge is 0.497 e. The molecule has 0 amide bonds. The van der Waals surface area contributed by atoms with Crippen molar-refractivity contribution in [2.24, 2.45) is 0 Å². The van der Waals surface area contributed by atoms with Gasteiger partial charge in [0.1, 0.15) is 17.4 Å². The highest BCUT2D eigenvalue weighted by molar-refractivity contribution is 7.18. The lowest BCUT2D eigenvalue weighted by atomic mass is 10.1. The number of esters is 1. The van der Waals surface area contributed by atoms with E-state index in [1.165, 1.54) is 11.3 Å². The van der Waals surface area contributed by atoms with E-state index in [2.05, 4.69) is 9.97 Å². The second kappa shape index (κ2) is 6.72. The van der Waals surface area contributed by atoms with Crippen molar-refractivity contribution in [3.8, 4) is 5.75 Å². The van der Waals surface area contributed by atoms with Crippen LogP contribution in [0.5, 0.6) is 5.75 Å². The molecule has 6 heteroatoms. The molecule has 2 heterocycles. The molecule has 5 nitrogen and oxygen atoms in total. The topological polar surface area (TPSA) is 61.3 Å². The number of aromatic nitrogens is 2. The monoisotopic (exact) mass is 364 g/mol. The Labute approximate surface area is 154 Å². The van der Waals surface area contributed by atoms with Crippen molar-refractivity contribution in [2.75, 3.05) is 7.11 Å². The molecule has 26 heavy (non-hydrogen) atoms. The molecule has 0 aliphatic rings. The average Bonchev–Trinajstić information content (AvgIpc) is 3.08. The molecule has 0 radical (unpaired) electrons. The molecule has 0 aliphatic carbocycles. The fraction of sp³-hybridized carbons (Fsp3) is 0.150. The number of benzene rings is 2. The van der Waals surface area contributed by atoms with E-state index in [0.29, 0.717) is 11.3 Å². The van der Waals surface area contributed by atoms with Crippen molar-refractivity contribution in [2.45, 2.75) is 13.5 Å². The standard InChI is InChI=1S/C20H16N2O3S/c1-12-15(10-13-9-14(24-2)7-8-16(13)21-12)20(23)25-11-19-22-17-5-3-4-6-18(17)26-19/h3-10H,11H2,1-2H3. The molecule has 130 valence electrons. The summed E-state index contributed by atoms with van der Waals surface area (Å²) in [6.07, 6.45) is 0. The minimum atomic E-state index is -0.404. The van der Waals surface area contributed by atoms with E-state index in [9.17, 15) is 4.79 Å². The van der Waals surface area contributed by atoms with Gasteiger partial charge >= 0.3 is 5.97 Å². The Morgan fingerprint density at radius 2 is 1.92 bits per heavy atom. The van der Waals surface area contributed by atoms with Gasteiger partial charge in [0.2, 0.25) is 0 Å². The van der Waals surface area contributed by atoms with E-state index >= 15 is 0 Å². The smallest absolute Gasteiger partial charge is 0.340 e. The Bertz CT molecular complexity index is 1090. The Kier molecular flexibility index (Phi) is 4.26. The Balaban J connectivity index is 1.57. The first-order valence-corrected chi connectivity index (χ1v) is 8.92. The quantitative estimate of drug-likeness (QED) is 0.498. The number of para-hydroxylation sites is 1. The predicted molar refractivity (Wildman–Crippen MR) is 102 cm³/mol. The summed E-state index contributed by atoms with van der Waals surface area (Å²) in [4.78, 5) is 21.5. The molecule has 0 fully saturated rings. The summed E-state index contributed by atoms with van der Waals surface area (Å²) in [5, 5.41) is 1.61. The van der Waals surface area contributed by atoms with Gasteiger partial charge in [0.15, 0.2) is 0 Å². The molecule has 0 spiro atoms. The van der Waals surface area contributed by atoms with Crippen molar-refractivity contribution in [1.82, 2.24) is 9.97 Å². The molecule has 0 atom stereocenters. The lowest BCUT2D eigenvalue weighted by Gasteiger charge is -2.08. The summed E-state index contributed by atoms with van der Waals surface area (Å²) in [6.45, 7) is 1.95. The summed E-state index contributed by atoms with van der Waals surface area (Å²) >= 11 is 1.53. The van der Waals surface area contributed by atoms with E-state index in [-0.39, 0.29) is 6.61 Å². The van der Waals surface area contributed by atoms with E-state index in [1.807, 2.05) is 42.5 Å². The summed E-state index contributed by atoms with van der Waals surface area (Å²) < 4.78 is 11.8. The number of carbonyl (C=O) groups excluding carboxylic acids is 1. The Morgan fingerprint density at radius 3 is 2.73 bits per heavy atom. The van der Waals surface area contributed by atoms with E-state index in [1.54, 1.807) is 20.1 Å².